The van der Waals surface area contributed by atoms with Crippen LogP contribution in [0.15, 0.2) is 0 Å². The van der Waals surface area contributed by atoms with Crippen LogP contribution in [0.4, 0.5) is 0 Å². The van der Waals surface area contributed by atoms with Gasteiger partial charge in [-0.15, -0.1) is 0 Å². The zero-order chi connectivity index (χ0) is 12.2. The maximum Gasteiger partial charge on any atom is 0.321 e. The fourth-order valence-electron chi connectivity index (χ4n) is 1.25. The van der Waals surface area contributed by atoms with Gasteiger partial charge < -0.3 is 10.2 Å². The molecule has 15 heavy (non-hydrogen) atoms. The summed E-state index contributed by atoms with van der Waals surface area (Å²) in [5, 5.41) is 17.7. The number of carbonyl (C=O) groups is 3. The molecule has 0 rings (SSSR count). The maximum absolute atomic E-state index is 11.5. The highest BCUT2D eigenvalue weighted by atomic mass is 16.4. The van der Waals surface area contributed by atoms with Crippen molar-refractivity contribution in [3.05, 3.63) is 0 Å². The smallest absolute Gasteiger partial charge is 0.321 e. The lowest BCUT2D eigenvalue weighted by molar-refractivity contribution is -0.169. The number of carbonyl (C=O) groups excluding carboxylic acids is 1. The van der Waals surface area contributed by atoms with Gasteiger partial charge in [0.05, 0.1) is 0 Å². The van der Waals surface area contributed by atoms with E-state index in [0.717, 1.165) is 6.92 Å². The third kappa shape index (κ3) is 2.55. The summed E-state index contributed by atoms with van der Waals surface area (Å²) >= 11 is 0. The van der Waals surface area contributed by atoms with Crippen molar-refractivity contribution in [2.45, 2.75) is 33.6 Å². The second kappa shape index (κ2) is 4.91. The molecule has 0 saturated heterocycles. The molecule has 0 fully saturated rings. The van der Waals surface area contributed by atoms with Crippen LogP contribution in [0.25, 0.3) is 0 Å². The van der Waals surface area contributed by atoms with Gasteiger partial charge in [0.25, 0.3) is 0 Å². The normalized spacial score (nSPS) is 13.3. The third-order valence-electron chi connectivity index (χ3n) is 2.73. The van der Waals surface area contributed by atoms with Crippen LogP contribution >= 0.6 is 0 Å². The van der Waals surface area contributed by atoms with Crippen LogP contribution in [0.1, 0.15) is 33.6 Å². The molecule has 0 aliphatic heterocycles. The second-order valence-electron chi connectivity index (χ2n) is 3.75. The first-order valence-corrected chi connectivity index (χ1v) is 4.77. The molecule has 0 aromatic rings. The Morgan fingerprint density at radius 1 is 1.20 bits per heavy atom. The zero-order valence-electron chi connectivity index (χ0n) is 9.11. The highest BCUT2D eigenvalue weighted by Gasteiger charge is 2.49. The molecule has 2 N–H and O–H groups in total. The van der Waals surface area contributed by atoms with Gasteiger partial charge in [-0.05, 0) is 13.3 Å². The highest BCUT2D eigenvalue weighted by molar-refractivity contribution is 6.03. The van der Waals surface area contributed by atoms with E-state index >= 15 is 0 Å². The third-order valence-corrected chi connectivity index (χ3v) is 2.73. The number of rotatable bonds is 6. The molecule has 5 heteroatoms. The molecule has 0 bridgehead atoms. The van der Waals surface area contributed by atoms with E-state index in [2.05, 4.69) is 0 Å². The lowest BCUT2D eigenvalue weighted by Gasteiger charge is -2.25. The van der Waals surface area contributed by atoms with Gasteiger partial charge in [0, 0.05) is 12.3 Å². The van der Waals surface area contributed by atoms with Crippen LogP contribution in [0, 0.1) is 11.3 Å². The van der Waals surface area contributed by atoms with Crippen LogP contribution in [-0.2, 0) is 14.4 Å². The SMILES string of the molecule is CCCC(=O)C(C)C(C)(C(=O)O)C(=O)O. The van der Waals surface area contributed by atoms with Crippen molar-refractivity contribution >= 4 is 17.7 Å². The summed E-state index contributed by atoms with van der Waals surface area (Å²) < 4.78 is 0. The Morgan fingerprint density at radius 3 is 1.87 bits per heavy atom. The molecule has 1 unspecified atom stereocenters. The number of ketones is 1. The fraction of sp³-hybridized carbons (Fsp3) is 0.700. The van der Waals surface area contributed by atoms with E-state index in [0.29, 0.717) is 6.42 Å². The Labute approximate surface area is 88.1 Å². The first kappa shape index (κ1) is 13.6. The predicted octanol–water partition coefficient (Wildman–Crippen LogP) is 1.17. The number of Topliss-reactive ketones (excluding diaryl/α,β-unsaturated/α-hetero) is 1. The van der Waals surface area contributed by atoms with Gasteiger partial charge in [0.15, 0.2) is 5.41 Å². The molecule has 5 nitrogen and oxygen atoms in total. The fourth-order valence-corrected chi connectivity index (χ4v) is 1.25. The standard InChI is InChI=1S/C10H16O5/c1-4-5-7(11)6(2)10(3,8(12)13)9(14)15/h6H,4-5H2,1-3H3,(H,12,13)(H,14,15). The molecule has 0 heterocycles. The lowest BCUT2D eigenvalue weighted by Crippen LogP contribution is -2.45. The van der Waals surface area contributed by atoms with Crippen LogP contribution in [0.3, 0.4) is 0 Å². The minimum atomic E-state index is -2.04. The number of hydrogen-bond acceptors (Lipinski definition) is 3. The minimum absolute atomic E-state index is 0.206. The topological polar surface area (TPSA) is 91.7 Å². The van der Waals surface area contributed by atoms with Crippen molar-refractivity contribution in [1.82, 2.24) is 0 Å². The van der Waals surface area contributed by atoms with Gasteiger partial charge in [-0.25, -0.2) is 0 Å². The summed E-state index contributed by atoms with van der Waals surface area (Å²) in [6, 6.07) is 0. The van der Waals surface area contributed by atoms with Gasteiger partial charge in [0.1, 0.15) is 5.78 Å². The second-order valence-corrected chi connectivity index (χ2v) is 3.75. The monoisotopic (exact) mass is 216 g/mol. The molecular weight excluding hydrogens is 200 g/mol. The summed E-state index contributed by atoms with van der Waals surface area (Å²) in [6.45, 7) is 4.19. The lowest BCUT2D eigenvalue weighted by atomic mass is 9.75. The Morgan fingerprint density at radius 2 is 1.60 bits per heavy atom. The average molecular weight is 216 g/mol. The molecule has 86 valence electrons. The highest BCUT2D eigenvalue weighted by Crippen LogP contribution is 2.29. The van der Waals surface area contributed by atoms with E-state index in [1.807, 2.05) is 0 Å². The van der Waals surface area contributed by atoms with Crippen molar-refractivity contribution < 1.29 is 24.6 Å². The van der Waals surface area contributed by atoms with Gasteiger partial charge in [-0.2, -0.15) is 0 Å². The van der Waals surface area contributed by atoms with Crippen molar-refractivity contribution in [3.63, 3.8) is 0 Å². The van der Waals surface area contributed by atoms with E-state index < -0.39 is 23.3 Å². The van der Waals surface area contributed by atoms with Crippen LogP contribution in [-0.4, -0.2) is 27.9 Å². The van der Waals surface area contributed by atoms with E-state index in [1.54, 1.807) is 6.92 Å². The van der Waals surface area contributed by atoms with Gasteiger partial charge >= 0.3 is 11.9 Å². The Balaban J connectivity index is 5.03. The van der Waals surface area contributed by atoms with Crippen molar-refractivity contribution in [1.29, 1.82) is 0 Å². The summed E-state index contributed by atoms with van der Waals surface area (Å²) in [6.07, 6.45) is 0.788. The molecule has 0 aromatic heterocycles. The molecule has 0 saturated carbocycles. The van der Waals surface area contributed by atoms with Gasteiger partial charge in [-0.1, -0.05) is 13.8 Å². The molecular formula is C10H16O5. The van der Waals surface area contributed by atoms with Crippen LogP contribution in [0.2, 0.25) is 0 Å². The van der Waals surface area contributed by atoms with Gasteiger partial charge in [0.2, 0.25) is 0 Å². The largest absolute Gasteiger partial charge is 0.480 e. The van der Waals surface area contributed by atoms with Gasteiger partial charge in [-0.3, -0.25) is 14.4 Å². The van der Waals surface area contributed by atoms with Crippen molar-refractivity contribution in [2.24, 2.45) is 11.3 Å². The average Bonchev–Trinajstić information content (AvgIpc) is 2.15. The molecule has 0 aliphatic rings. The zero-order valence-corrected chi connectivity index (χ0v) is 9.11. The minimum Gasteiger partial charge on any atom is -0.480 e. The number of hydrogen-bond donors (Lipinski definition) is 2. The van der Waals surface area contributed by atoms with Crippen LogP contribution in [0.5, 0.6) is 0 Å². The Bertz CT molecular complexity index is 268. The molecule has 1 atom stereocenters. The van der Waals surface area contributed by atoms with Crippen LogP contribution < -0.4 is 0 Å². The first-order chi connectivity index (χ1) is 6.78. The molecule has 0 amide bonds. The summed E-state index contributed by atoms with van der Waals surface area (Å²) in [5.41, 5.74) is -2.04. The summed E-state index contributed by atoms with van der Waals surface area (Å²) in [7, 11) is 0. The Hall–Kier alpha value is -1.39. The van der Waals surface area contributed by atoms with E-state index in [-0.39, 0.29) is 12.2 Å². The summed E-state index contributed by atoms with van der Waals surface area (Å²) in [4.78, 5) is 33.2. The molecule has 0 aliphatic carbocycles. The summed E-state index contributed by atoms with van der Waals surface area (Å²) in [5.74, 6) is -4.31. The first-order valence-electron chi connectivity index (χ1n) is 4.77. The van der Waals surface area contributed by atoms with E-state index in [4.69, 9.17) is 10.2 Å². The van der Waals surface area contributed by atoms with E-state index in [9.17, 15) is 14.4 Å². The number of carboxylic acid groups (broad SMARTS) is 2. The van der Waals surface area contributed by atoms with Crippen molar-refractivity contribution in [3.8, 4) is 0 Å². The Kier molecular flexibility index (Phi) is 4.45. The quantitative estimate of drug-likeness (QED) is 0.650. The molecule has 0 aromatic carbocycles. The van der Waals surface area contributed by atoms with E-state index in [1.165, 1.54) is 6.92 Å². The molecule has 0 spiro atoms. The predicted molar refractivity (Wildman–Crippen MR) is 52.5 cm³/mol. The number of carboxylic acids is 2. The van der Waals surface area contributed by atoms with Crippen molar-refractivity contribution in [2.75, 3.05) is 0 Å². The maximum atomic E-state index is 11.5. The number of aliphatic carboxylic acids is 2. The molecule has 0 radical (unpaired) electrons.